The fourth-order valence-corrected chi connectivity index (χ4v) is 3.34. The molecule has 0 aromatic heterocycles. The van der Waals surface area contributed by atoms with Crippen molar-refractivity contribution in [1.29, 1.82) is 0 Å². The van der Waals surface area contributed by atoms with Gasteiger partial charge in [0.2, 0.25) is 0 Å². The van der Waals surface area contributed by atoms with Crippen LogP contribution < -0.4 is 0 Å². The lowest BCUT2D eigenvalue weighted by Gasteiger charge is -2.15. The fraction of sp³-hybridized carbons (Fsp3) is 0.909. The number of carbonyl (C=O) groups excluding carboxylic acids is 2. The van der Waals surface area contributed by atoms with E-state index in [0.717, 1.165) is 51.2 Å². The normalized spacial score (nSPS) is 22.4. The van der Waals surface area contributed by atoms with E-state index in [2.05, 4.69) is 6.92 Å². The van der Waals surface area contributed by atoms with Gasteiger partial charge < -0.3 is 18.9 Å². The summed E-state index contributed by atoms with van der Waals surface area (Å²) in [6.45, 7) is 6.48. The van der Waals surface area contributed by atoms with E-state index in [4.69, 9.17) is 18.9 Å². The molecule has 2 rings (SSSR count). The van der Waals surface area contributed by atoms with Crippen LogP contribution in [-0.4, -0.2) is 50.6 Å². The first kappa shape index (κ1) is 23.1. The number of ether oxygens (including phenoxy) is 4. The Labute approximate surface area is 169 Å². The van der Waals surface area contributed by atoms with E-state index in [1.54, 1.807) is 0 Å². The molecule has 0 bridgehead atoms. The molecule has 0 N–H and O–H groups in total. The van der Waals surface area contributed by atoms with Gasteiger partial charge in [0.1, 0.15) is 25.4 Å². The zero-order valence-corrected chi connectivity index (χ0v) is 17.7. The lowest BCUT2D eigenvalue weighted by Crippen LogP contribution is -2.17. The largest absolute Gasteiger partial charge is 0.463 e. The van der Waals surface area contributed by atoms with Crippen molar-refractivity contribution in [1.82, 2.24) is 0 Å². The van der Waals surface area contributed by atoms with E-state index in [-0.39, 0.29) is 30.1 Å². The molecule has 4 atom stereocenters. The molecule has 4 unspecified atom stereocenters. The predicted molar refractivity (Wildman–Crippen MR) is 106 cm³/mol. The number of epoxide rings is 2. The standard InChI is InChI=1S/C22H38O6/c1-3-18(10-5-4-6-12-21(23)27-15-19-13-25-19)11-8-7-9-17(2)22(24)28-16-20-14-26-20/h17-20H,3-16H2,1-2H3. The maximum absolute atomic E-state index is 11.9. The third-order valence-corrected chi connectivity index (χ3v) is 5.62. The minimum atomic E-state index is -0.0974. The second kappa shape index (κ2) is 13.2. The van der Waals surface area contributed by atoms with Crippen LogP contribution in [0.1, 0.15) is 78.1 Å². The highest BCUT2D eigenvalue weighted by molar-refractivity contribution is 5.71. The van der Waals surface area contributed by atoms with Crippen LogP contribution in [0.2, 0.25) is 0 Å². The Kier molecular flexibility index (Phi) is 10.9. The first-order chi connectivity index (χ1) is 13.6. The van der Waals surface area contributed by atoms with Crippen molar-refractivity contribution in [2.24, 2.45) is 11.8 Å². The van der Waals surface area contributed by atoms with Crippen molar-refractivity contribution in [2.45, 2.75) is 90.3 Å². The zero-order valence-electron chi connectivity index (χ0n) is 17.7. The lowest BCUT2D eigenvalue weighted by atomic mass is 9.91. The summed E-state index contributed by atoms with van der Waals surface area (Å²) in [5.41, 5.74) is 0. The number of hydrogen-bond acceptors (Lipinski definition) is 6. The van der Waals surface area contributed by atoms with Gasteiger partial charge in [0.05, 0.1) is 19.1 Å². The molecule has 0 aliphatic carbocycles. The Hall–Kier alpha value is -1.14. The Morgan fingerprint density at radius 1 is 0.893 bits per heavy atom. The van der Waals surface area contributed by atoms with E-state index < -0.39 is 0 Å². The summed E-state index contributed by atoms with van der Waals surface area (Å²) in [5.74, 6) is 0.531. The van der Waals surface area contributed by atoms with Crippen LogP contribution in [-0.2, 0) is 28.5 Å². The highest BCUT2D eigenvalue weighted by Crippen LogP contribution is 2.22. The maximum Gasteiger partial charge on any atom is 0.308 e. The third-order valence-electron chi connectivity index (χ3n) is 5.62. The van der Waals surface area contributed by atoms with Crippen LogP contribution in [0.3, 0.4) is 0 Å². The Morgan fingerprint density at radius 3 is 2.07 bits per heavy atom. The first-order valence-electron chi connectivity index (χ1n) is 11.1. The molecule has 0 spiro atoms. The van der Waals surface area contributed by atoms with Gasteiger partial charge >= 0.3 is 11.9 Å². The monoisotopic (exact) mass is 398 g/mol. The smallest absolute Gasteiger partial charge is 0.308 e. The Balaban J connectivity index is 1.40. The van der Waals surface area contributed by atoms with E-state index >= 15 is 0 Å². The summed E-state index contributed by atoms with van der Waals surface area (Å²) in [7, 11) is 0. The van der Waals surface area contributed by atoms with E-state index in [9.17, 15) is 9.59 Å². The van der Waals surface area contributed by atoms with E-state index in [1.165, 1.54) is 25.7 Å². The quantitative estimate of drug-likeness (QED) is 0.209. The lowest BCUT2D eigenvalue weighted by molar-refractivity contribution is -0.148. The summed E-state index contributed by atoms with van der Waals surface area (Å²) >= 11 is 0. The second-order valence-electron chi connectivity index (χ2n) is 8.28. The van der Waals surface area contributed by atoms with Gasteiger partial charge in [-0.3, -0.25) is 9.59 Å². The molecule has 0 aromatic rings. The van der Waals surface area contributed by atoms with E-state index in [1.807, 2.05) is 6.92 Å². The van der Waals surface area contributed by atoms with Gasteiger partial charge in [0.15, 0.2) is 0 Å². The third kappa shape index (κ3) is 11.0. The van der Waals surface area contributed by atoms with Gasteiger partial charge in [0, 0.05) is 6.42 Å². The average Bonchev–Trinajstić information content (AvgIpc) is 3.60. The SMILES string of the molecule is CCC(CCCCCC(=O)OCC1CO1)CCCCC(C)C(=O)OCC1CO1. The van der Waals surface area contributed by atoms with Crippen molar-refractivity contribution in [3.05, 3.63) is 0 Å². The number of esters is 2. The topological polar surface area (TPSA) is 77.7 Å². The number of rotatable bonds is 17. The maximum atomic E-state index is 11.9. The minimum Gasteiger partial charge on any atom is -0.463 e. The molecular weight excluding hydrogens is 360 g/mol. The molecule has 2 aliphatic rings. The number of carbonyl (C=O) groups is 2. The van der Waals surface area contributed by atoms with Crippen LogP contribution in [0, 0.1) is 11.8 Å². The molecule has 2 fully saturated rings. The molecule has 28 heavy (non-hydrogen) atoms. The van der Waals surface area contributed by atoms with Crippen LogP contribution in [0.25, 0.3) is 0 Å². The van der Waals surface area contributed by atoms with Crippen molar-refractivity contribution < 1.29 is 28.5 Å². The van der Waals surface area contributed by atoms with Crippen LogP contribution in [0.5, 0.6) is 0 Å². The van der Waals surface area contributed by atoms with Crippen molar-refractivity contribution in [3.8, 4) is 0 Å². The van der Waals surface area contributed by atoms with Gasteiger partial charge in [-0.1, -0.05) is 58.8 Å². The van der Waals surface area contributed by atoms with Gasteiger partial charge in [-0.25, -0.2) is 0 Å². The number of unbranched alkanes of at least 4 members (excludes halogenated alkanes) is 3. The molecule has 2 saturated heterocycles. The predicted octanol–water partition coefficient (Wildman–Crippen LogP) is 4.04. The fourth-order valence-electron chi connectivity index (χ4n) is 3.34. The number of hydrogen-bond donors (Lipinski definition) is 0. The summed E-state index contributed by atoms with van der Waals surface area (Å²) < 4.78 is 20.5. The molecule has 2 heterocycles. The first-order valence-corrected chi connectivity index (χ1v) is 11.1. The molecule has 0 radical (unpaired) electrons. The molecule has 0 aromatic carbocycles. The minimum absolute atomic E-state index is 0.0231. The van der Waals surface area contributed by atoms with Crippen molar-refractivity contribution in [3.63, 3.8) is 0 Å². The van der Waals surface area contributed by atoms with Gasteiger partial charge in [-0.2, -0.15) is 0 Å². The highest BCUT2D eigenvalue weighted by Gasteiger charge is 2.25. The second-order valence-corrected chi connectivity index (χ2v) is 8.28. The summed E-state index contributed by atoms with van der Waals surface area (Å²) in [6, 6.07) is 0. The van der Waals surface area contributed by atoms with Gasteiger partial charge in [-0.15, -0.1) is 0 Å². The molecular formula is C22H38O6. The van der Waals surface area contributed by atoms with E-state index in [0.29, 0.717) is 19.6 Å². The highest BCUT2D eigenvalue weighted by atomic mass is 16.6. The zero-order chi connectivity index (χ0) is 20.2. The average molecular weight is 399 g/mol. The summed E-state index contributed by atoms with van der Waals surface area (Å²) in [5, 5.41) is 0. The Morgan fingerprint density at radius 2 is 1.46 bits per heavy atom. The van der Waals surface area contributed by atoms with Crippen molar-refractivity contribution >= 4 is 11.9 Å². The van der Waals surface area contributed by atoms with Crippen LogP contribution in [0.4, 0.5) is 0 Å². The molecule has 2 aliphatic heterocycles. The van der Waals surface area contributed by atoms with Gasteiger partial charge in [0.25, 0.3) is 0 Å². The summed E-state index contributed by atoms with van der Waals surface area (Å²) in [6.07, 6.45) is 10.7. The molecule has 0 amide bonds. The molecule has 162 valence electrons. The summed E-state index contributed by atoms with van der Waals surface area (Å²) in [4.78, 5) is 23.4. The van der Waals surface area contributed by atoms with Crippen LogP contribution in [0.15, 0.2) is 0 Å². The molecule has 0 saturated carbocycles. The molecule has 6 heteroatoms. The van der Waals surface area contributed by atoms with Gasteiger partial charge in [-0.05, 0) is 18.8 Å². The van der Waals surface area contributed by atoms with Crippen molar-refractivity contribution in [2.75, 3.05) is 26.4 Å². The van der Waals surface area contributed by atoms with Crippen LogP contribution >= 0.6 is 0 Å². The Bertz CT molecular complexity index is 458. The molecule has 6 nitrogen and oxygen atoms in total.